The van der Waals surface area contributed by atoms with Crippen molar-refractivity contribution in [1.82, 2.24) is 9.97 Å². The van der Waals surface area contributed by atoms with E-state index < -0.39 is 5.82 Å². The molecule has 0 saturated carbocycles. The number of fused-ring (bicyclic) bond motifs is 1. The molecule has 0 saturated heterocycles. The van der Waals surface area contributed by atoms with E-state index in [0.29, 0.717) is 22.9 Å². The fraction of sp³-hybridized carbons (Fsp3) is 0.111. The Bertz CT molecular complexity index is 951. The van der Waals surface area contributed by atoms with Gasteiger partial charge in [-0.25, -0.2) is 9.37 Å². The molecule has 7 heteroatoms. The van der Waals surface area contributed by atoms with Gasteiger partial charge in [0.25, 0.3) is 0 Å². The Labute approximate surface area is 148 Å². The zero-order valence-electron chi connectivity index (χ0n) is 13.3. The number of aromatic nitrogens is 2. The number of anilines is 1. The zero-order chi connectivity index (χ0) is 17.2. The Morgan fingerprint density at radius 3 is 2.88 bits per heavy atom. The summed E-state index contributed by atoms with van der Waals surface area (Å²) in [4.78, 5) is 18.6. The molecular weight excluding hydrogens is 337 g/mol. The average molecular weight is 351 g/mol. The topological polar surface area (TPSA) is 62.5 Å². The molecule has 1 aliphatic rings. The molecule has 0 bridgehead atoms. The molecule has 3 aromatic heterocycles. The van der Waals surface area contributed by atoms with Crippen molar-refractivity contribution in [2.24, 2.45) is 9.98 Å². The van der Waals surface area contributed by atoms with Crippen LogP contribution >= 0.6 is 11.3 Å². The van der Waals surface area contributed by atoms with Crippen LogP contribution in [0.5, 0.6) is 0 Å². The van der Waals surface area contributed by atoms with Crippen molar-refractivity contribution in [3.05, 3.63) is 76.1 Å². The third kappa shape index (κ3) is 2.94. The molecule has 0 fully saturated rings. The van der Waals surface area contributed by atoms with Gasteiger partial charge in [0.05, 0.1) is 16.8 Å². The highest BCUT2D eigenvalue weighted by Gasteiger charge is 2.27. The summed E-state index contributed by atoms with van der Waals surface area (Å²) in [5.41, 5.74) is 2.21. The summed E-state index contributed by atoms with van der Waals surface area (Å²) in [5, 5.41) is 5.18. The highest BCUT2D eigenvalue weighted by molar-refractivity contribution is 7.12. The number of thiophene rings is 1. The van der Waals surface area contributed by atoms with Crippen molar-refractivity contribution in [3.8, 4) is 0 Å². The molecule has 0 aromatic carbocycles. The second-order valence-corrected chi connectivity index (χ2v) is 6.38. The lowest BCUT2D eigenvalue weighted by Crippen LogP contribution is -2.20. The van der Waals surface area contributed by atoms with E-state index in [0.717, 1.165) is 10.4 Å². The molecule has 4 heterocycles. The maximum atomic E-state index is 13.9. The van der Waals surface area contributed by atoms with Crippen molar-refractivity contribution in [3.63, 3.8) is 0 Å². The maximum absolute atomic E-state index is 13.9. The molecule has 0 radical (unpaired) electrons. The summed E-state index contributed by atoms with van der Waals surface area (Å²) in [6.45, 7) is 0. The van der Waals surface area contributed by atoms with E-state index >= 15 is 0 Å². The Balaban J connectivity index is 1.96. The van der Waals surface area contributed by atoms with Crippen molar-refractivity contribution in [2.75, 3.05) is 12.4 Å². The molecule has 0 spiro atoms. The van der Waals surface area contributed by atoms with Crippen LogP contribution in [0.1, 0.15) is 22.0 Å². The van der Waals surface area contributed by atoms with Crippen molar-refractivity contribution >= 4 is 28.7 Å². The Hall–Kier alpha value is -2.93. The number of rotatable bonds is 2. The number of amidine groups is 1. The lowest BCUT2D eigenvalue weighted by molar-refractivity contribution is 0.621. The summed E-state index contributed by atoms with van der Waals surface area (Å²) in [6, 6.07) is 8.80. The van der Waals surface area contributed by atoms with E-state index in [1.165, 1.54) is 12.3 Å². The molecule has 1 unspecified atom stereocenters. The SMILES string of the molecule is CN=C1Nc2ncc(F)cc2C(c2cccs2)=NC1c1cccnc1. The summed E-state index contributed by atoms with van der Waals surface area (Å²) in [5.74, 6) is 0.778. The molecule has 124 valence electrons. The fourth-order valence-corrected chi connectivity index (χ4v) is 3.46. The lowest BCUT2D eigenvalue weighted by atomic mass is 10.1. The summed E-state index contributed by atoms with van der Waals surface area (Å²) in [6.07, 6.45) is 4.67. The van der Waals surface area contributed by atoms with Gasteiger partial charge in [0, 0.05) is 30.6 Å². The molecule has 1 N–H and O–H groups in total. The predicted molar refractivity (Wildman–Crippen MR) is 98.1 cm³/mol. The third-order valence-electron chi connectivity index (χ3n) is 3.87. The molecular formula is C18H14FN5S. The van der Waals surface area contributed by atoms with E-state index in [4.69, 9.17) is 4.99 Å². The molecule has 4 rings (SSSR count). The predicted octanol–water partition coefficient (Wildman–Crippen LogP) is 3.71. The van der Waals surface area contributed by atoms with Gasteiger partial charge in [-0.3, -0.25) is 15.0 Å². The van der Waals surface area contributed by atoms with Gasteiger partial charge in [-0.15, -0.1) is 11.3 Å². The first-order valence-electron chi connectivity index (χ1n) is 7.67. The van der Waals surface area contributed by atoms with E-state index in [-0.39, 0.29) is 6.04 Å². The molecule has 0 amide bonds. The van der Waals surface area contributed by atoms with Gasteiger partial charge in [0.15, 0.2) is 0 Å². The van der Waals surface area contributed by atoms with Crippen LogP contribution < -0.4 is 5.32 Å². The van der Waals surface area contributed by atoms with Gasteiger partial charge in [-0.2, -0.15) is 0 Å². The normalized spacial score (nSPS) is 18.2. The lowest BCUT2D eigenvalue weighted by Gasteiger charge is -2.14. The minimum Gasteiger partial charge on any atom is -0.326 e. The number of nitrogens with zero attached hydrogens (tertiary/aromatic N) is 4. The van der Waals surface area contributed by atoms with Crippen LogP contribution in [-0.2, 0) is 0 Å². The van der Waals surface area contributed by atoms with E-state index in [2.05, 4.69) is 20.3 Å². The fourth-order valence-electron chi connectivity index (χ4n) is 2.73. The smallest absolute Gasteiger partial charge is 0.142 e. The van der Waals surface area contributed by atoms with Crippen LogP contribution in [-0.4, -0.2) is 28.6 Å². The van der Waals surface area contributed by atoms with E-state index in [1.807, 2.05) is 29.6 Å². The molecule has 25 heavy (non-hydrogen) atoms. The highest BCUT2D eigenvalue weighted by Crippen LogP contribution is 2.30. The van der Waals surface area contributed by atoms with E-state index in [1.54, 1.807) is 30.8 Å². The number of pyridine rings is 2. The quantitative estimate of drug-likeness (QED) is 0.765. The molecule has 1 atom stereocenters. The van der Waals surface area contributed by atoms with Gasteiger partial charge in [-0.1, -0.05) is 12.1 Å². The van der Waals surface area contributed by atoms with Gasteiger partial charge < -0.3 is 5.32 Å². The Morgan fingerprint density at radius 2 is 2.16 bits per heavy atom. The van der Waals surface area contributed by atoms with Crippen LogP contribution in [0.2, 0.25) is 0 Å². The second kappa shape index (κ2) is 6.52. The van der Waals surface area contributed by atoms with Crippen molar-refractivity contribution < 1.29 is 4.39 Å². The number of hydrogen-bond donors (Lipinski definition) is 1. The summed E-state index contributed by atoms with van der Waals surface area (Å²) in [7, 11) is 1.69. The Kier molecular flexibility index (Phi) is 4.07. The van der Waals surface area contributed by atoms with Crippen LogP contribution in [0.25, 0.3) is 0 Å². The first-order valence-corrected chi connectivity index (χ1v) is 8.55. The van der Waals surface area contributed by atoms with E-state index in [9.17, 15) is 4.39 Å². The van der Waals surface area contributed by atoms with Crippen LogP contribution in [0.15, 0.2) is 64.3 Å². The van der Waals surface area contributed by atoms with Crippen LogP contribution in [0, 0.1) is 5.82 Å². The summed E-state index contributed by atoms with van der Waals surface area (Å²) < 4.78 is 13.9. The second-order valence-electron chi connectivity index (χ2n) is 5.43. The zero-order valence-corrected chi connectivity index (χ0v) is 14.2. The number of nitrogens with one attached hydrogen (secondary N) is 1. The first-order chi connectivity index (χ1) is 12.3. The standard InChI is InChI=1S/C18H14FN5S/c1-20-18-15(11-4-2-6-21-9-11)23-16(14-5-3-7-25-14)13-8-12(19)10-22-17(13)24-18/h2-10,15H,1H3,(H,20,22,24). The van der Waals surface area contributed by atoms with Gasteiger partial charge in [-0.05, 0) is 23.6 Å². The summed E-state index contributed by atoms with van der Waals surface area (Å²) >= 11 is 1.55. The molecule has 0 aliphatic carbocycles. The first kappa shape index (κ1) is 15.6. The third-order valence-corrected chi connectivity index (χ3v) is 4.75. The number of halogens is 1. The maximum Gasteiger partial charge on any atom is 0.142 e. The molecule has 3 aromatic rings. The highest BCUT2D eigenvalue weighted by atomic mass is 32.1. The largest absolute Gasteiger partial charge is 0.326 e. The van der Waals surface area contributed by atoms with Crippen molar-refractivity contribution in [2.45, 2.75) is 6.04 Å². The molecule has 1 aliphatic heterocycles. The molecule has 5 nitrogen and oxygen atoms in total. The monoisotopic (exact) mass is 351 g/mol. The Morgan fingerprint density at radius 1 is 1.24 bits per heavy atom. The van der Waals surface area contributed by atoms with Crippen LogP contribution in [0.3, 0.4) is 0 Å². The van der Waals surface area contributed by atoms with Crippen LogP contribution in [0.4, 0.5) is 10.2 Å². The minimum absolute atomic E-state index is 0.368. The minimum atomic E-state index is -0.403. The van der Waals surface area contributed by atoms with Gasteiger partial charge >= 0.3 is 0 Å². The van der Waals surface area contributed by atoms with Crippen molar-refractivity contribution in [1.29, 1.82) is 0 Å². The number of hydrogen-bond acceptors (Lipinski definition) is 5. The van der Waals surface area contributed by atoms with Gasteiger partial charge in [0.1, 0.15) is 23.5 Å². The average Bonchev–Trinajstić information content (AvgIpc) is 3.12. The van der Waals surface area contributed by atoms with Gasteiger partial charge in [0.2, 0.25) is 0 Å². The number of aliphatic imine (C=N–C) groups is 2.